The summed E-state index contributed by atoms with van der Waals surface area (Å²) in [5, 5.41) is 0.770. The lowest BCUT2D eigenvalue weighted by Crippen LogP contribution is -2.33. The zero-order valence-corrected chi connectivity index (χ0v) is 18.8. The topological polar surface area (TPSA) is 12.5 Å². The van der Waals surface area contributed by atoms with Crippen LogP contribution in [0.4, 0.5) is 8.78 Å². The van der Waals surface area contributed by atoms with E-state index < -0.39 is 0 Å². The largest absolute Gasteiger partial charge is 0.369 e. The molecule has 1 saturated heterocycles. The van der Waals surface area contributed by atoms with Gasteiger partial charge in [0.15, 0.2) is 0 Å². The summed E-state index contributed by atoms with van der Waals surface area (Å²) in [6, 6.07) is 20.8. The summed E-state index contributed by atoms with van der Waals surface area (Å²) in [5.41, 5.74) is 3.03. The van der Waals surface area contributed by atoms with Gasteiger partial charge in [0.25, 0.3) is 0 Å². The first-order valence-electron chi connectivity index (χ1n) is 11.2. The van der Waals surface area contributed by atoms with Gasteiger partial charge in [0.1, 0.15) is 17.7 Å². The minimum Gasteiger partial charge on any atom is -0.369 e. The highest BCUT2D eigenvalue weighted by Gasteiger charge is 2.21. The van der Waals surface area contributed by atoms with Crippen LogP contribution in [-0.2, 0) is 11.3 Å². The van der Waals surface area contributed by atoms with Crippen LogP contribution in [0.1, 0.15) is 42.1 Å². The van der Waals surface area contributed by atoms with Crippen LogP contribution in [0.25, 0.3) is 0 Å². The van der Waals surface area contributed by atoms with Crippen LogP contribution in [0.2, 0.25) is 5.02 Å². The monoisotopic (exact) mass is 455 g/mol. The normalized spacial score (nSPS) is 15.4. The van der Waals surface area contributed by atoms with E-state index in [9.17, 15) is 8.78 Å². The molecule has 1 heterocycles. The number of rotatable bonds is 8. The molecule has 2 nitrogen and oxygen atoms in total. The van der Waals surface area contributed by atoms with Gasteiger partial charge in [0, 0.05) is 18.2 Å². The lowest BCUT2D eigenvalue weighted by atomic mass is 9.93. The van der Waals surface area contributed by atoms with Crippen molar-refractivity contribution in [2.45, 2.75) is 31.9 Å². The predicted octanol–water partition coefficient (Wildman–Crippen LogP) is 7.03. The summed E-state index contributed by atoms with van der Waals surface area (Å²) in [7, 11) is 0. The van der Waals surface area contributed by atoms with Crippen LogP contribution in [0.15, 0.2) is 72.8 Å². The Bertz CT molecular complexity index is 923. The highest BCUT2D eigenvalue weighted by molar-refractivity contribution is 6.30. The molecule has 5 heteroatoms. The Morgan fingerprint density at radius 1 is 0.812 bits per heavy atom. The van der Waals surface area contributed by atoms with Crippen molar-refractivity contribution in [1.29, 1.82) is 0 Å². The SMILES string of the molecule is Fc1ccc(C(OCCC2CCN(Cc3ccc(Cl)cc3)CC2)c2ccc(F)cc2)cc1. The number of nitrogens with zero attached hydrogens (tertiary/aromatic N) is 1. The van der Waals surface area contributed by atoms with Gasteiger partial charge in [0.2, 0.25) is 0 Å². The van der Waals surface area contributed by atoms with Crippen LogP contribution in [0.3, 0.4) is 0 Å². The molecular weight excluding hydrogens is 428 g/mol. The number of piperidine rings is 1. The molecule has 0 N–H and O–H groups in total. The summed E-state index contributed by atoms with van der Waals surface area (Å²) in [6.45, 7) is 3.72. The Morgan fingerprint density at radius 3 is 1.88 bits per heavy atom. The van der Waals surface area contributed by atoms with Crippen molar-refractivity contribution in [2.75, 3.05) is 19.7 Å². The molecule has 3 aromatic rings. The zero-order valence-electron chi connectivity index (χ0n) is 18.0. The smallest absolute Gasteiger partial charge is 0.123 e. The molecule has 0 aliphatic carbocycles. The van der Waals surface area contributed by atoms with Crippen molar-refractivity contribution in [2.24, 2.45) is 5.92 Å². The number of benzene rings is 3. The van der Waals surface area contributed by atoms with E-state index in [1.165, 1.54) is 29.8 Å². The maximum absolute atomic E-state index is 13.4. The molecule has 1 aliphatic heterocycles. The summed E-state index contributed by atoms with van der Waals surface area (Å²) in [6.07, 6.45) is 2.94. The molecular formula is C27H28ClF2NO. The summed E-state index contributed by atoms with van der Waals surface area (Å²) in [5.74, 6) is 0.0625. The molecule has 0 aromatic heterocycles. The molecule has 1 fully saturated rings. The van der Waals surface area contributed by atoms with Gasteiger partial charge in [-0.05, 0) is 91.4 Å². The first kappa shape index (κ1) is 22.9. The van der Waals surface area contributed by atoms with Gasteiger partial charge in [-0.15, -0.1) is 0 Å². The van der Waals surface area contributed by atoms with Crippen molar-refractivity contribution < 1.29 is 13.5 Å². The maximum atomic E-state index is 13.4. The van der Waals surface area contributed by atoms with Gasteiger partial charge in [-0.1, -0.05) is 48.0 Å². The molecule has 0 atom stereocenters. The number of hydrogen-bond donors (Lipinski definition) is 0. The standard InChI is InChI=1S/C27H28ClF2NO/c28-24-7-1-21(2-8-24)19-31-16-13-20(14-17-31)15-18-32-27(22-3-9-25(29)10-4-22)23-5-11-26(30)12-6-23/h1-12,20,27H,13-19H2. The zero-order chi connectivity index (χ0) is 22.3. The Morgan fingerprint density at radius 2 is 1.34 bits per heavy atom. The fraction of sp³-hybridized carbons (Fsp3) is 0.333. The van der Waals surface area contributed by atoms with Gasteiger partial charge in [-0.2, -0.15) is 0 Å². The van der Waals surface area contributed by atoms with Gasteiger partial charge in [-0.25, -0.2) is 8.78 Å². The number of halogens is 3. The van der Waals surface area contributed by atoms with Crippen molar-refractivity contribution in [3.63, 3.8) is 0 Å². The van der Waals surface area contributed by atoms with E-state index in [2.05, 4.69) is 17.0 Å². The minimum atomic E-state index is -0.332. The highest BCUT2D eigenvalue weighted by atomic mass is 35.5. The average Bonchev–Trinajstić information content (AvgIpc) is 2.81. The molecule has 32 heavy (non-hydrogen) atoms. The predicted molar refractivity (Wildman–Crippen MR) is 125 cm³/mol. The third-order valence-corrected chi connectivity index (χ3v) is 6.43. The second-order valence-electron chi connectivity index (χ2n) is 8.49. The van der Waals surface area contributed by atoms with Crippen molar-refractivity contribution in [3.8, 4) is 0 Å². The molecule has 0 unspecified atom stereocenters. The van der Waals surface area contributed by atoms with E-state index in [4.69, 9.17) is 16.3 Å². The Balaban J connectivity index is 1.29. The number of likely N-dealkylation sites (tertiary alicyclic amines) is 1. The molecule has 0 amide bonds. The lowest BCUT2D eigenvalue weighted by Gasteiger charge is -2.32. The molecule has 0 saturated carbocycles. The summed E-state index contributed by atoms with van der Waals surface area (Å²) >= 11 is 5.98. The molecule has 4 rings (SSSR count). The van der Waals surface area contributed by atoms with Gasteiger partial charge >= 0.3 is 0 Å². The van der Waals surface area contributed by atoms with Gasteiger partial charge < -0.3 is 4.74 Å². The fourth-order valence-corrected chi connectivity index (χ4v) is 4.42. The van der Waals surface area contributed by atoms with Crippen molar-refractivity contribution in [1.82, 2.24) is 4.90 Å². The van der Waals surface area contributed by atoms with Crippen LogP contribution < -0.4 is 0 Å². The van der Waals surface area contributed by atoms with E-state index in [-0.39, 0.29) is 17.7 Å². The molecule has 1 aliphatic rings. The van der Waals surface area contributed by atoms with Crippen LogP contribution in [0, 0.1) is 17.6 Å². The van der Waals surface area contributed by atoms with Crippen LogP contribution >= 0.6 is 11.6 Å². The maximum Gasteiger partial charge on any atom is 0.123 e. The van der Waals surface area contributed by atoms with E-state index >= 15 is 0 Å². The Hall–Kier alpha value is -2.27. The first-order valence-corrected chi connectivity index (χ1v) is 11.5. The lowest BCUT2D eigenvalue weighted by molar-refractivity contribution is 0.0595. The van der Waals surface area contributed by atoms with Crippen LogP contribution in [-0.4, -0.2) is 24.6 Å². The Labute approximate surface area is 193 Å². The van der Waals surface area contributed by atoms with E-state index in [1.807, 2.05) is 12.1 Å². The van der Waals surface area contributed by atoms with E-state index in [1.54, 1.807) is 24.3 Å². The molecule has 0 bridgehead atoms. The van der Waals surface area contributed by atoms with Gasteiger partial charge in [-0.3, -0.25) is 4.90 Å². The number of hydrogen-bond acceptors (Lipinski definition) is 2. The fourth-order valence-electron chi connectivity index (χ4n) is 4.29. The van der Waals surface area contributed by atoms with E-state index in [0.29, 0.717) is 12.5 Å². The molecule has 168 valence electrons. The van der Waals surface area contributed by atoms with Crippen molar-refractivity contribution in [3.05, 3.63) is 106 Å². The third kappa shape index (κ3) is 6.38. The minimum absolute atomic E-state index is 0.281. The van der Waals surface area contributed by atoms with E-state index in [0.717, 1.165) is 55.0 Å². The second kappa shape index (κ2) is 11.0. The van der Waals surface area contributed by atoms with Crippen LogP contribution in [0.5, 0.6) is 0 Å². The number of ether oxygens (including phenoxy) is 1. The summed E-state index contributed by atoms with van der Waals surface area (Å²) in [4.78, 5) is 2.49. The average molecular weight is 456 g/mol. The highest BCUT2D eigenvalue weighted by Crippen LogP contribution is 2.29. The summed E-state index contributed by atoms with van der Waals surface area (Å²) < 4.78 is 33.0. The molecule has 3 aromatic carbocycles. The molecule has 0 spiro atoms. The quantitative estimate of drug-likeness (QED) is 0.361. The van der Waals surface area contributed by atoms with Crippen molar-refractivity contribution >= 4 is 11.6 Å². The second-order valence-corrected chi connectivity index (χ2v) is 8.93. The Kier molecular flexibility index (Phi) is 7.90. The van der Waals surface area contributed by atoms with Gasteiger partial charge in [0.05, 0.1) is 0 Å². The third-order valence-electron chi connectivity index (χ3n) is 6.18. The first-order chi connectivity index (χ1) is 15.6. The molecule has 0 radical (unpaired) electrons.